The summed E-state index contributed by atoms with van der Waals surface area (Å²) < 4.78 is 5.57. The standard InChI is InChI=1S/C14H24N2O6S/c1-6(16(13(20)21)14(2,3)4)11-15-8-10(19)9(18)7(5-17)22-12(8)23-11/h6-10,12,17-19H,5H2,1-4H3,(H,20,21)/t6?,7-,8-,9-,10-,12-/m1/s1. The van der Waals surface area contributed by atoms with Gasteiger partial charge in [-0.2, -0.15) is 0 Å². The first kappa shape index (κ1) is 18.5. The predicted octanol–water partition coefficient (Wildman–Crippen LogP) is 0.106. The van der Waals surface area contributed by atoms with Crippen molar-refractivity contribution in [2.24, 2.45) is 4.99 Å². The molecular formula is C14H24N2O6S. The Bertz CT molecular complexity index is 494. The van der Waals surface area contributed by atoms with Crippen LogP contribution in [0.25, 0.3) is 0 Å². The van der Waals surface area contributed by atoms with Gasteiger partial charge in [-0.25, -0.2) is 4.79 Å². The molecule has 0 aromatic carbocycles. The number of amides is 1. The van der Waals surface area contributed by atoms with Crippen LogP contribution in [0.4, 0.5) is 4.79 Å². The Labute approximate surface area is 139 Å². The molecule has 1 fully saturated rings. The lowest BCUT2D eigenvalue weighted by atomic mass is 9.98. The zero-order valence-corrected chi connectivity index (χ0v) is 14.4. The number of carboxylic acid groups (broad SMARTS) is 1. The largest absolute Gasteiger partial charge is 0.465 e. The van der Waals surface area contributed by atoms with Crippen LogP contribution >= 0.6 is 11.8 Å². The molecule has 0 saturated carbocycles. The summed E-state index contributed by atoms with van der Waals surface area (Å²) in [6.07, 6.45) is -4.31. The second kappa shape index (κ2) is 6.56. The molecular weight excluding hydrogens is 324 g/mol. The third-order valence-corrected chi connectivity index (χ3v) is 5.35. The van der Waals surface area contributed by atoms with Gasteiger partial charge < -0.3 is 25.2 Å². The molecule has 1 unspecified atom stereocenters. The van der Waals surface area contributed by atoms with Crippen molar-refractivity contribution in [2.75, 3.05) is 6.61 Å². The Hall–Kier alpha value is -0.870. The van der Waals surface area contributed by atoms with E-state index in [9.17, 15) is 25.2 Å². The second-order valence-electron chi connectivity index (χ2n) is 6.78. The van der Waals surface area contributed by atoms with E-state index in [1.165, 1.54) is 16.7 Å². The molecule has 2 rings (SSSR count). The Kier molecular flexibility index (Phi) is 5.27. The van der Waals surface area contributed by atoms with Crippen molar-refractivity contribution >= 4 is 22.9 Å². The molecule has 0 aliphatic carbocycles. The number of aliphatic hydroxyl groups excluding tert-OH is 3. The number of carbonyl (C=O) groups is 1. The summed E-state index contributed by atoms with van der Waals surface area (Å²) >= 11 is 1.23. The predicted molar refractivity (Wildman–Crippen MR) is 85.7 cm³/mol. The Morgan fingerprint density at radius 3 is 2.48 bits per heavy atom. The molecule has 132 valence electrons. The third kappa shape index (κ3) is 3.48. The van der Waals surface area contributed by atoms with Crippen LogP contribution in [0.15, 0.2) is 4.99 Å². The number of thioether (sulfide) groups is 1. The number of rotatable bonds is 3. The molecule has 1 amide bonds. The molecule has 0 radical (unpaired) electrons. The summed E-state index contributed by atoms with van der Waals surface area (Å²) in [6.45, 7) is 6.70. The van der Waals surface area contributed by atoms with Crippen LogP contribution in [0, 0.1) is 0 Å². The number of aliphatic imine (C=N–C) groups is 1. The molecule has 23 heavy (non-hydrogen) atoms. The van der Waals surface area contributed by atoms with E-state index in [0.29, 0.717) is 5.04 Å². The highest BCUT2D eigenvalue weighted by Crippen LogP contribution is 2.38. The minimum absolute atomic E-state index is 0.407. The molecule has 1 saturated heterocycles. The van der Waals surface area contributed by atoms with Gasteiger partial charge in [-0.1, -0.05) is 11.8 Å². The van der Waals surface area contributed by atoms with Crippen LogP contribution in [0.2, 0.25) is 0 Å². The topological polar surface area (TPSA) is 123 Å². The molecule has 2 aliphatic heterocycles. The van der Waals surface area contributed by atoms with E-state index in [2.05, 4.69) is 4.99 Å². The molecule has 2 heterocycles. The molecule has 0 aromatic rings. The van der Waals surface area contributed by atoms with Gasteiger partial charge in [-0.3, -0.25) is 9.89 Å². The summed E-state index contributed by atoms with van der Waals surface area (Å²) in [4.78, 5) is 17.3. The Morgan fingerprint density at radius 1 is 1.39 bits per heavy atom. The maximum atomic E-state index is 11.6. The minimum atomic E-state index is -1.22. The van der Waals surface area contributed by atoms with Crippen molar-refractivity contribution in [2.45, 2.75) is 69.1 Å². The van der Waals surface area contributed by atoms with E-state index in [1.54, 1.807) is 27.7 Å². The average Bonchev–Trinajstić information content (AvgIpc) is 2.85. The van der Waals surface area contributed by atoms with Crippen molar-refractivity contribution in [3.05, 3.63) is 0 Å². The zero-order valence-electron chi connectivity index (χ0n) is 13.6. The number of ether oxygens (including phenoxy) is 1. The smallest absolute Gasteiger partial charge is 0.408 e. The van der Waals surface area contributed by atoms with Gasteiger partial charge >= 0.3 is 6.09 Å². The van der Waals surface area contributed by atoms with Gasteiger partial charge in [-0.05, 0) is 27.7 Å². The molecule has 0 bridgehead atoms. The first-order valence-electron chi connectivity index (χ1n) is 7.47. The fourth-order valence-electron chi connectivity index (χ4n) is 2.95. The second-order valence-corrected chi connectivity index (χ2v) is 7.90. The molecule has 8 nitrogen and oxygen atoms in total. The first-order valence-corrected chi connectivity index (χ1v) is 8.35. The van der Waals surface area contributed by atoms with Gasteiger partial charge in [0, 0.05) is 5.54 Å². The normalized spacial score (nSPS) is 35.4. The fraction of sp³-hybridized carbons (Fsp3) is 0.857. The van der Waals surface area contributed by atoms with Crippen molar-refractivity contribution in [1.82, 2.24) is 4.90 Å². The van der Waals surface area contributed by atoms with Gasteiger partial charge in [0.25, 0.3) is 0 Å². The number of aliphatic hydroxyl groups is 3. The quantitative estimate of drug-likeness (QED) is 0.571. The van der Waals surface area contributed by atoms with Crippen LogP contribution in [-0.2, 0) is 4.74 Å². The van der Waals surface area contributed by atoms with Crippen LogP contribution in [0.1, 0.15) is 27.7 Å². The lowest BCUT2D eigenvalue weighted by Crippen LogP contribution is -2.55. The highest BCUT2D eigenvalue weighted by molar-refractivity contribution is 8.14. The molecule has 0 aromatic heterocycles. The Morgan fingerprint density at radius 2 is 2.00 bits per heavy atom. The lowest BCUT2D eigenvalue weighted by Gasteiger charge is -2.38. The van der Waals surface area contributed by atoms with Crippen molar-refractivity contribution in [3.8, 4) is 0 Å². The highest BCUT2D eigenvalue weighted by atomic mass is 32.2. The summed E-state index contributed by atoms with van der Waals surface area (Å²) in [5.41, 5.74) is -1.16. The average molecular weight is 348 g/mol. The number of hydrogen-bond acceptors (Lipinski definition) is 7. The lowest BCUT2D eigenvalue weighted by molar-refractivity contribution is -0.164. The van der Waals surface area contributed by atoms with Crippen LogP contribution in [-0.4, -0.2) is 84.4 Å². The number of nitrogens with zero attached hydrogens (tertiary/aromatic N) is 2. The van der Waals surface area contributed by atoms with Gasteiger partial charge in [0.2, 0.25) is 0 Å². The van der Waals surface area contributed by atoms with Crippen LogP contribution in [0.5, 0.6) is 0 Å². The maximum Gasteiger partial charge on any atom is 0.408 e. The highest BCUT2D eigenvalue weighted by Gasteiger charge is 2.49. The van der Waals surface area contributed by atoms with Gasteiger partial charge in [0.15, 0.2) is 0 Å². The summed E-state index contributed by atoms with van der Waals surface area (Å²) in [5, 5.41) is 39.3. The summed E-state index contributed by atoms with van der Waals surface area (Å²) in [5.74, 6) is 0. The van der Waals surface area contributed by atoms with E-state index in [-0.39, 0.29) is 0 Å². The van der Waals surface area contributed by atoms with E-state index in [0.717, 1.165) is 0 Å². The van der Waals surface area contributed by atoms with E-state index < -0.39 is 54.1 Å². The Balaban J connectivity index is 2.21. The molecule has 6 atom stereocenters. The van der Waals surface area contributed by atoms with Gasteiger partial charge in [0.05, 0.1) is 17.7 Å². The molecule has 4 N–H and O–H groups in total. The van der Waals surface area contributed by atoms with E-state index >= 15 is 0 Å². The van der Waals surface area contributed by atoms with Gasteiger partial charge in [0.1, 0.15) is 29.8 Å². The van der Waals surface area contributed by atoms with Crippen molar-refractivity contribution < 1.29 is 30.0 Å². The van der Waals surface area contributed by atoms with Crippen molar-refractivity contribution in [1.29, 1.82) is 0 Å². The zero-order chi connectivity index (χ0) is 17.5. The maximum absolute atomic E-state index is 11.6. The van der Waals surface area contributed by atoms with E-state index in [1.807, 2.05) is 0 Å². The first-order chi connectivity index (χ1) is 10.6. The number of fused-ring (bicyclic) bond motifs is 1. The SMILES string of the molecule is CC(C1=N[C@@H]2[C@@H](O)[C@H](O)[C@@H](CO)O[C@@H]2S1)N(C(=O)O)C(C)(C)C. The van der Waals surface area contributed by atoms with E-state index in [4.69, 9.17) is 4.74 Å². The van der Waals surface area contributed by atoms with Crippen LogP contribution < -0.4 is 0 Å². The fourth-order valence-corrected chi connectivity index (χ4v) is 4.23. The van der Waals surface area contributed by atoms with Crippen LogP contribution in [0.3, 0.4) is 0 Å². The van der Waals surface area contributed by atoms with Crippen molar-refractivity contribution in [3.63, 3.8) is 0 Å². The molecule has 0 spiro atoms. The number of hydrogen-bond donors (Lipinski definition) is 4. The molecule has 2 aliphatic rings. The monoisotopic (exact) mass is 348 g/mol. The van der Waals surface area contributed by atoms with Gasteiger partial charge in [-0.15, -0.1) is 0 Å². The molecule has 9 heteroatoms. The summed E-state index contributed by atoms with van der Waals surface area (Å²) in [7, 11) is 0. The third-order valence-electron chi connectivity index (χ3n) is 4.04. The minimum Gasteiger partial charge on any atom is -0.465 e. The summed E-state index contributed by atoms with van der Waals surface area (Å²) in [6, 6.07) is -1.19.